The van der Waals surface area contributed by atoms with Gasteiger partial charge in [-0.15, -0.1) is 0 Å². The number of amides is 1. The maximum Gasteiger partial charge on any atom is 0.221 e. The number of nitrogens with zero attached hydrogens (tertiary/aromatic N) is 1. The quantitative estimate of drug-likeness (QED) is 0.722. The molecular formula is C17H26N2O5S. The monoisotopic (exact) mass is 370 g/mol. The summed E-state index contributed by atoms with van der Waals surface area (Å²) in [5.41, 5.74) is 1.08. The van der Waals surface area contributed by atoms with Crippen LogP contribution in [0.2, 0.25) is 0 Å². The van der Waals surface area contributed by atoms with Crippen LogP contribution in [0.3, 0.4) is 0 Å². The Morgan fingerprint density at radius 2 is 1.92 bits per heavy atom. The summed E-state index contributed by atoms with van der Waals surface area (Å²) in [6.07, 6.45) is 1.12. The summed E-state index contributed by atoms with van der Waals surface area (Å²) in [6, 6.07) is 7.78. The largest absolute Gasteiger partial charge is 0.497 e. The average molecular weight is 370 g/mol. The SMILES string of the molecule is COc1ccc(C(CNC(=O)CCS(C)(=O)=O)N2CCOCC2)cc1. The third kappa shape index (κ3) is 6.64. The first kappa shape index (κ1) is 19.7. The van der Waals surface area contributed by atoms with Gasteiger partial charge in [0.05, 0.1) is 32.1 Å². The van der Waals surface area contributed by atoms with Gasteiger partial charge in [-0.2, -0.15) is 0 Å². The second-order valence-electron chi connectivity index (χ2n) is 6.12. The van der Waals surface area contributed by atoms with Gasteiger partial charge < -0.3 is 14.8 Å². The zero-order valence-electron chi connectivity index (χ0n) is 14.7. The maximum atomic E-state index is 12.0. The molecule has 1 unspecified atom stereocenters. The lowest BCUT2D eigenvalue weighted by atomic mass is 10.0. The Labute approximate surface area is 149 Å². The molecule has 1 aliphatic rings. The molecule has 1 fully saturated rings. The van der Waals surface area contributed by atoms with Gasteiger partial charge in [-0.3, -0.25) is 9.69 Å². The molecule has 1 amide bonds. The Kier molecular flexibility index (Phi) is 7.22. The van der Waals surface area contributed by atoms with Crippen molar-refractivity contribution in [3.63, 3.8) is 0 Å². The van der Waals surface area contributed by atoms with Gasteiger partial charge in [0.15, 0.2) is 0 Å². The van der Waals surface area contributed by atoms with Crippen molar-refractivity contribution in [2.75, 3.05) is 52.0 Å². The van der Waals surface area contributed by atoms with Crippen molar-refractivity contribution in [3.05, 3.63) is 29.8 Å². The van der Waals surface area contributed by atoms with Gasteiger partial charge in [0.2, 0.25) is 5.91 Å². The number of rotatable bonds is 8. The van der Waals surface area contributed by atoms with E-state index < -0.39 is 9.84 Å². The summed E-state index contributed by atoms with van der Waals surface area (Å²) in [7, 11) is -1.52. The van der Waals surface area contributed by atoms with Crippen molar-refractivity contribution in [2.45, 2.75) is 12.5 Å². The number of morpholine rings is 1. The van der Waals surface area contributed by atoms with E-state index in [-0.39, 0.29) is 24.1 Å². The van der Waals surface area contributed by atoms with E-state index in [1.807, 2.05) is 24.3 Å². The predicted molar refractivity (Wildman–Crippen MR) is 95.5 cm³/mol. The second-order valence-corrected chi connectivity index (χ2v) is 8.38. The Hall–Kier alpha value is -1.64. The molecule has 2 rings (SSSR count). The van der Waals surface area contributed by atoms with Crippen LogP contribution in [0, 0.1) is 0 Å². The van der Waals surface area contributed by atoms with Gasteiger partial charge in [-0.25, -0.2) is 8.42 Å². The highest BCUT2D eigenvalue weighted by atomic mass is 32.2. The predicted octanol–water partition coefficient (Wildman–Crippen LogP) is 0.619. The van der Waals surface area contributed by atoms with Crippen molar-refractivity contribution in [1.29, 1.82) is 0 Å². The van der Waals surface area contributed by atoms with Crippen LogP contribution in [-0.4, -0.2) is 71.2 Å². The number of ether oxygens (including phenoxy) is 2. The van der Waals surface area contributed by atoms with E-state index in [9.17, 15) is 13.2 Å². The summed E-state index contributed by atoms with van der Waals surface area (Å²) in [5.74, 6) is 0.391. The van der Waals surface area contributed by atoms with Crippen molar-refractivity contribution >= 4 is 15.7 Å². The first-order chi connectivity index (χ1) is 11.9. The summed E-state index contributed by atoms with van der Waals surface area (Å²) in [6.45, 7) is 3.32. The molecule has 1 atom stereocenters. The molecule has 0 aromatic heterocycles. The molecule has 8 heteroatoms. The molecule has 140 valence electrons. The number of sulfone groups is 1. The van der Waals surface area contributed by atoms with E-state index in [4.69, 9.17) is 9.47 Å². The fraction of sp³-hybridized carbons (Fsp3) is 0.588. The van der Waals surface area contributed by atoms with Crippen molar-refractivity contribution in [3.8, 4) is 5.75 Å². The third-order valence-corrected chi connectivity index (χ3v) is 5.13. The maximum absolute atomic E-state index is 12.0. The van der Waals surface area contributed by atoms with Crippen LogP contribution in [0.5, 0.6) is 5.75 Å². The molecule has 1 aromatic rings. The summed E-state index contributed by atoms with van der Waals surface area (Å²) < 4.78 is 33.0. The Bertz CT molecular complexity index is 654. The van der Waals surface area contributed by atoms with Gasteiger partial charge in [-0.1, -0.05) is 12.1 Å². The zero-order chi connectivity index (χ0) is 18.3. The standard InChI is InChI=1S/C17H26N2O5S/c1-23-15-5-3-14(4-6-15)16(19-8-10-24-11-9-19)13-18-17(20)7-12-25(2,21)22/h3-6,16H,7-13H2,1-2H3,(H,18,20). The lowest BCUT2D eigenvalue weighted by Crippen LogP contribution is -2.44. The molecule has 1 heterocycles. The van der Waals surface area contributed by atoms with Crippen LogP contribution in [0.4, 0.5) is 0 Å². The van der Waals surface area contributed by atoms with E-state index >= 15 is 0 Å². The van der Waals surface area contributed by atoms with E-state index in [0.717, 1.165) is 30.7 Å². The molecule has 0 bridgehead atoms. The highest BCUT2D eigenvalue weighted by Crippen LogP contribution is 2.23. The second kappa shape index (κ2) is 9.17. The van der Waals surface area contributed by atoms with Gasteiger partial charge >= 0.3 is 0 Å². The van der Waals surface area contributed by atoms with Gasteiger partial charge in [-0.05, 0) is 17.7 Å². The topological polar surface area (TPSA) is 84.9 Å². The smallest absolute Gasteiger partial charge is 0.221 e. The number of hydrogen-bond acceptors (Lipinski definition) is 6. The highest BCUT2D eigenvalue weighted by Gasteiger charge is 2.23. The average Bonchev–Trinajstić information content (AvgIpc) is 2.61. The van der Waals surface area contributed by atoms with Crippen molar-refractivity contribution in [2.24, 2.45) is 0 Å². The molecule has 1 N–H and O–H groups in total. The molecule has 1 aliphatic heterocycles. The number of hydrogen-bond donors (Lipinski definition) is 1. The molecular weight excluding hydrogens is 344 g/mol. The number of nitrogens with one attached hydrogen (secondary N) is 1. The summed E-state index contributed by atoms with van der Waals surface area (Å²) >= 11 is 0. The van der Waals surface area contributed by atoms with Crippen LogP contribution in [0.1, 0.15) is 18.0 Å². The van der Waals surface area contributed by atoms with Crippen LogP contribution in [-0.2, 0) is 19.4 Å². The van der Waals surface area contributed by atoms with Crippen LogP contribution in [0.15, 0.2) is 24.3 Å². The molecule has 0 radical (unpaired) electrons. The molecule has 0 aliphatic carbocycles. The molecule has 0 spiro atoms. The lowest BCUT2D eigenvalue weighted by molar-refractivity contribution is -0.121. The fourth-order valence-corrected chi connectivity index (χ4v) is 3.31. The van der Waals surface area contributed by atoms with Crippen LogP contribution < -0.4 is 10.1 Å². The summed E-state index contributed by atoms with van der Waals surface area (Å²) in [4.78, 5) is 14.2. The molecule has 0 saturated carbocycles. The van der Waals surface area contributed by atoms with Gasteiger partial charge in [0.1, 0.15) is 15.6 Å². The fourth-order valence-electron chi connectivity index (χ4n) is 2.75. The lowest BCUT2D eigenvalue weighted by Gasteiger charge is -2.35. The van der Waals surface area contributed by atoms with E-state index in [0.29, 0.717) is 19.8 Å². The number of benzene rings is 1. The minimum Gasteiger partial charge on any atom is -0.497 e. The van der Waals surface area contributed by atoms with Gasteiger partial charge in [0.25, 0.3) is 0 Å². The van der Waals surface area contributed by atoms with E-state index in [2.05, 4.69) is 10.2 Å². The highest BCUT2D eigenvalue weighted by molar-refractivity contribution is 7.90. The summed E-state index contributed by atoms with van der Waals surface area (Å²) in [5, 5.41) is 2.86. The Morgan fingerprint density at radius 1 is 1.28 bits per heavy atom. The minimum atomic E-state index is -3.14. The number of carbonyl (C=O) groups is 1. The Balaban J connectivity index is 2.02. The van der Waals surface area contributed by atoms with Crippen LogP contribution >= 0.6 is 0 Å². The normalized spacial score (nSPS) is 17.0. The third-order valence-electron chi connectivity index (χ3n) is 4.18. The van der Waals surface area contributed by atoms with Gasteiger partial charge in [0, 0.05) is 32.3 Å². The van der Waals surface area contributed by atoms with E-state index in [1.165, 1.54) is 0 Å². The zero-order valence-corrected chi connectivity index (χ0v) is 15.5. The van der Waals surface area contributed by atoms with E-state index in [1.54, 1.807) is 7.11 Å². The van der Waals surface area contributed by atoms with Crippen molar-refractivity contribution in [1.82, 2.24) is 10.2 Å². The van der Waals surface area contributed by atoms with Crippen molar-refractivity contribution < 1.29 is 22.7 Å². The molecule has 7 nitrogen and oxygen atoms in total. The van der Waals surface area contributed by atoms with Crippen LogP contribution in [0.25, 0.3) is 0 Å². The minimum absolute atomic E-state index is 0.0111. The molecule has 1 aromatic carbocycles. The molecule has 25 heavy (non-hydrogen) atoms. The number of methoxy groups -OCH3 is 1. The number of carbonyl (C=O) groups excluding carboxylic acids is 1. The Morgan fingerprint density at radius 3 is 2.48 bits per heavy atom. The molecule has 1 saturated heterocycles. The first-order valence-electron chi connectivity index (χ1n) is 8.29. The first-order valence-corrected chi connectivity index (χ1v) is 10.4.